The highest BCUT2D eigenvalue weighted by Crippen LogP contribution is 2.33. The van der Waals surface area contributed by atoms with E-state index in [9.17, 15) is 4.79 Å². The van der Waals surface area contributed by atoms with Gasteiger partial charge < -0.3 is 29.6 Å². The molecule has 0 aliphatic heterocycles. The molecule has 0 saturated heterocycles. The molecule has 0 atom stereocenters. The van der Waals surface area contributed by atoms with Gasteiger partial charge in [-0.2, -0.15) is 10.2 Å². The summed E-state index contributed by atoms with van der Waals surface area (Å²) in [7, 11) is 0. The highest BCUT2D eigenvalue weighted by atomic mass is 16.6. The number of carbonyl (C=O) groups excluding carboxylic acids is 1. The smallest absolute Gasteiger partial charge is 0.407 e. The van der Waals surface area contributed by atoms with E-state index >= 15 is 0 Å². The number of hydrogen-bond acceptors (Lipinski definition) is 8. The van der Waals surface area contributed by atoms with Gasteiger partial charge in [-0.15, -0.1) is 0 Å². The van der Waals surface area contributed by atoms with Crippen molar-refractivity contribution >= 4 is 11.8 Å². The van der Waals surface area contributed by atoms with Crippen LogP contribution in [0, 0.1) is 23.7 Å². The topological polar surface area (TPSA) is 103 Å². The Labute approximate surface area is 247 Å². The molecule has 1 aliphatic rings. The number of benzene rings is 1. The van der Waals surface area contributed by atoms with Gasteiger partial charge in [0.2, 0.25) is 0 Å². The van der Waals surface area contributed by atoms with Crippen molar-refractivity contribution in [3.63, 3.8) is 0 Å². The van der Waals surface area contributed by atoms with Gasteiger partial charge in [-0.1, -0.05) is 52.5 Å². The fraction of sp³-hybridized carbons (Fsp3) is 0.719. The average Bonchev–Trinajstić information content (AvgIpc) is 2.96. The summed E-state index contributed by atoms with van der Waals surface area (Å²) < 4.78 is 22.5. The van der Waals surface area contributed by atoms with Crippen LogP contribution in [0.15, 0.2) is 28.4 Å². The average molecular weight is 573 g/mol. The molecule has 1 saturated carbocycles. The Hall–Kier alpha value is -2.67. The standard InChI is InChI=1S/C32H52N4O5/c1-6-27-11-14-31(40-23-22-39-21-20-38-19-17-33-26(4)5)30(24-27)36-35-29-12-9-28(10-13-29)15-18-41-32(37)34-16-7-8-25(2)3/h11,14,24-26,28-29,33H,6,9-10,12-13,15-23H2,1-5H3,(H,34,37). The Morgan fingerprint density at radius 3 is 2.44 bits per heavy atom. The quantitative estimate of drug-likeness (QED) is 0.126. The van der Waals surface area contributed by atoms with Crippen molar-refractivity contribution in [1.82, 2.24) is 10.6 Å². The van der Waals surface area contributed by atoms with E-state index in [1.54, 1.807) is 0 Å². The van der Waals surface area contributed by atoms with Crippen LogP contribution >= 0.6 is 0 Å². The Bertz CT molecular complexity index is 949. The van der Waals surface area contributed by atoms with Crippen molar-refractivity contribution in [1.29, 1.82) is 0 Å². The minimum Gasteiger partial charge on any atom is -0.489 e. The van der Waals surface area contributed by atoms with Crippen molar-refractivity contribution in [3.8, 4) is 17.6 Å². The number of amides is 1. The van der Waals surface area contributed by atoms with E-state index < -0.39 is 6.09 Å². The lowest BCUT2D eigenvalue weighted by molar-refractivity contribution is 0.0370. The minimum absolute atomic E-state index is 0.201. The second-order valence-electron chi connectivity index (χ2n) is 11.0. The number of azo groups is 1. The van der Waals surface area contributed by atoms with E-state index in [0.717, 1.165) is 56.5 Å². The van der Waals surface area contributed by atoms with Gasteiger partial charge in [0.25, 0.3) is 0 Å². The molecule has 0 unspecified atom stereocenters. The number of hydrogen-bond donors (Lipinski definition) is 2. The van der Waals surface area contributed by atoms with Crippen molar-refractivity contribution in [2.45, 2.75) is 85.2 Å². The molecule has 230 valence electrons. The van der Waals surface area contributed by atoms with Gasteiger partial charge in [0, 0.05) is 18.5 Å². The van der Waals surface area contributed by atoms with E-state index in [-0.39, 0.29) is 6.04 Å². The summed E-state index contributed by atoms with van der Waals surface area (Å²) in [6.07, 6.45) is 5.48. The minimum atomic E-state index is -0.399. The van der Waals surface area contributed by atoms with Crippen LogP contribution in [-0.2, 0) is 20.6 Å². The number of rotatable bonds is 18. The number of ether oxygens (including phenoxy) is 4. The maximum Gasteiger partial charge on any atom is 0.407 e. The zero-order chi connectivity index (χ0) is 29.7. The van der Waals surface area contributed by atoms with Gasteiger partial charge >= 0.3 is 6.09 Å². The van der Waals surface area contributed by atoms with Crippen LogP contribution in [0.25, 0.3) is 0 Å². The highest BCUT2D eigenvalue weighted by Gasteiger charge is 2.21. The molecule has 1 fully saturated rings. The molecule has 1 aromatic carbocycles. The summed E-state index contributed by atoms with van der Waals surface area (Å²) in [5.41, 5.74) is 1.97. The van der Waals surface area contributed by atoms with Gasteiger partial charge in [0.15, 0.2) is 0 Å². The van der Waals surface area contributed by atoms with Crippen LogP contribution in [0.3, 0.4) is 0 Å². The molecule has 1 aromatic rings. The maximum atomic E-state index is 11.8. The molecule has 41 heavy (non-hydrogen) atoms. The summed E-state index contributed by atoms with van der Waals surface area (Å²) in [6, 6.07) is 6.77. The molecule has 0 radical (unpaired) electrons. The van der Waals surface area contributed by atoms with Crippen LogP contribution < -0.4 is 15.4 Å². The molecule has 2 rings (SSSR count). The number of alkyl carbamates (subject to hydrolysis) is 1. The second-order valence-corrected chi connectivity index (χ2v) is 11.0. The normalized spacial score (nSPS) is 17.0. The van der Waals surface area contributed by atoms with Crippen LogP contribution in [0.5, 0.6) is 5.75 Å². The van der Waals surface area contributed by atoms with Gasteiger partial charge in [-0.3, -0.25) is 0 Å². The van der Waals surface area contributed by atoms with E-state index in [0.29, 0.717) is 64.1 Å². The summed E-state index contributed by atoms with van der Waals surface area (Å²) in [6.45, 7) is 14.7. The molecular formula is C32H52N4O5. The molecule has 9 nitrogen and oxygen atoms in total. The number of aryl methyl sites for hydroxylation is 1. The first-order valence-corrected chi connectivity index (χ1v) is 15.3. The fourth-order valence-corrected chi connectivity index (χ4v) is 4.37. The molecular weight excluding hydrogens is 520 g/mol. The second kappa shape index (κ2) is 21.1. The van der Waals surface area contributed by atoms with Crippen LogP contribution in [0.2, 0.25) is 0 Å². The largest absolute Gasteiger partial charge is 0.489 e. The zero-order valence-corrected chi connectivity index (χ0v) is 25.9. The molecule has 0 bridgehead atoms. The van der Waals surface area contributed by atoms with Crippen molar-refractivity contribution in [2.75, 3.05) is 52.7 Å². The van der Waals surface area contributed by atoms with E-state index in [1.165, 1.54) is 5.56 Å². The van der Waals surface area contributed by atoms with Gasteiger partial charge in [0.1, 0.15) is 18.0 Å². The van der Waals surface area contributed by atoms with Crippen molar-refractivity contribution < 1.29 is 23.7 Å². The number of nitrogens with one attached hydrogen (secondary N) is 2. The zero-order valence-electron chi connectivity index (χ0n) is 25.9. The molecule has 0 aromatic heterocycles. The molecule has 0 spiro atoms. The third-order valence-corrected chi connectivity index (χ3v) is 6.70. The van der Waals surface area contributed by atoms with Crippen LogP contribution in [0.1, 0.15) is 72.3 Å². The fourth-order valence-electron chi connectivity index (χ4n) is 4.37. The lowest BCUT2D eigenvalue weighted by Crippen LogP contribution is -2.27. The van der Waals surface area contributed by atoms with E-state index in [4.69, 9.17) is 18.9 Å². The monoisotopic (exact) mass is 572 g/mol. The maximum absolute atomic E-state index is 11.8. The number of carbonyl (C=O) groups is 1. The molecule has 0 heterocycles. The highest BCUT2D eigenvalue weighted by molar-refractivity contribution is 5.67. The van der Waals surface area contributed by atoms with Crippen LogP contribution in [-0.4, -0.2) is 70.9 Å². The first kappa shape index (κ1) is 34.5. The Morgan fingerprint density at radius 2 is 1.73 bits per heavy atom. The first-order chi connectivity index (χ1) is 19.9. The first-order valence-electron chi connectivity index (χ1n) is 15.3. The third kappa shape index (κ3) is 16.4. The van der Waals surface area contributed by atoms with E-state index in [1.807, 2.05) is 19.9 Å². The van der Waals surface area contributed by atoms with Crippen molar-refractivity contribution in [3.05, 3.63) is 23.8 Å². The SMILES string of the molecule is CCc1ccc(OCCOCCOCCNC(C)C)c(N=NC2CCC(CCOC(=O)NCC#CC(C)C)CC2)c1. The molecule has 2 N–H and O–H groups in total. The van der Waals surface area contributed by atoms with Crippen LogP contribution in [0.4, 0.5) is 10.5 Å². The Morgan fingerprint density at radius 1 is 1.00 bits per heavy atom. The van der Waals surface area contributed by atoms with Crippen molar-refractivity contribution in [2.24, 2.45) is 22.1 Å². The summed E-state index contributed by atoms with van der Waals surface area (Å²) in [5, 5.41) is 15.3. The Kier molecular flexibility index (Phi) is 17.8. The summed E-state index contributed by atoms with van der Waals surface area (Å²) >= 11 is 0. The van der Waals surface area contributed by atoms with Gasteiger partial charge in [-0.05, 0) is 62.1 Å². The molecule has 1 aliphatic carbocycles. The third-order valence-electron chi connectivity index (χ3n) is 6.70. The summed E-state index contributed by atoms with van der Waals surface area (Å²) in [5.74, 6) is 7.49. The summed E-state index contributed by atoms with van der Waals surface area (Å²) in [4.78, 5) is 11.8. The Balaban J connectivity index is 1.67. The van der Waals surface area contributed by atoms with Gasteiger partial charge in [0.05, 0.1) is 45.6 Å². The van der Waals surface area contributed by atoms with Gasteiger partial charge in [-0.25, -0.2) is 4.79 Å². The number of nitrogens with zero attached hydrogens (tertiary/aromatic N) is 2. The predicted molar refractivity (Wildman–Crippen MR) is 163 cm³/mol. The molecule has 1 amide bonds. The molecule has 9 heteroatoms. The van der Waals surface area contributed by atoms with E-state index in [2.05, 4.69) is 65.6 Å². The lowest BCUT2D eigenvalue weighted by atomic mass is 9.85. The lowest BCUT2D eigenvalue weighted by Gasteiger charge is -2.25. The predicted octanol–water partition coefficient (Wildman–Crippen LogP) is 6.08.